The van der Waals surface area contributed by atoms with Crippen molar-refractivity contribution >= 4 is 41.1 Å². The molecule has 1 aromatic carbocycles. The predicted molar refractivity (Wildman–Crippen MR) is 66.9 cm³/mol. The summed E-state index contributed by atoms with van der Waals surface area (Å²) in [5.74, 6) is -0.899. The Labute approximate surface area is 99.0 Å². The molecule has 2 nitrogen and oxygen atoms in total. The van der Waals surface area contributed by atoms with Crippen LogP contribution in [0.25, 0.3) is 6.08 Å². The molecule has 0 fully saturated rings. The number of hydrogen-bond acceptors (Lipinski definition) is 3. The van der Waals surface area contributed by atoms with Crippen molar-refractivity contribution in [2.75, 3.05) is 0 Å². The molecule has 0 saturated heterocycles. The maximum absolute atomic E-state index is 10.6. The zero-order valence-electron chi connectivity index (χ0n) is 7.90. The van der Waals surface area contributed by atoms with Crippen LogP contribution in [0.15, 0.2) is 24.8 Å². The van der Waals surface area contributed by atoms with Crippen molar-refractivity contribution in [2.45, 2.75) is 6.42 Å². The summed E-state index contributed by atoms with van der Waals surface area (Å²) >= 11 is 9.76. The fourth-order valence-corrected chi connectivity index (χ4v) is 1.65. The topological polar surface area (TPSA) is 37.3 Å². The van der Waals surface area contributed by atoms with Crippen LogP contribution in [0, 0.1) is 0 Å². The summed E-state index contributed by atoms with van der Waals surface area (Å²) in [6.07, 6.45) is 1.58. The fourth-order valence-electron chi connectivity index (χ4n) is 1.25. The van der Waals surface area contributed by atoms with Crippen LogP contribution >= 0.6 is 12.2 Å². The molecule has 0 aliphatic rings. The molecule has 0 radical (unpaired) electrons. The zero-order chi connectivity index (χ0) is 11.4. The van der Waals surface area contributed by atoms with E-state index in [1.807, 2.05) is 6.07 Å². The molecule has 4 heteroatoms. The molecular formula is C11H9O2S2-. The van der Waals surface area contributed by atoms with Gasteiger partial charge in [-0.3, -0.25) is 4.79 Å². The van der Waals surface area contributed by atoms with Crippen molar-refractivity contribution in [3.8, 4) is 0 Å². The van der Waals surface area contributed by atoms with E-state index in [2.05, 4.69) is 6.58 Å². The van der Waals surface area contributed by atoms with Crippen molar-refractivity contribution in [1.82, 2.24) is 0 Å². The number of aliphatic carboxylic acids is 1. The Kier molecular flexibility index (Phi) is 3.94. The van der Waals surface area contributed by atoms with Crippen LogP contribution in [0.5, 0.6) is 0 Å². The second-order valence-corrected chi connectivity index (χ2v) is 4.05. The molecule has 0 aromatic heterocycles. The van der Waals surface area contributed by atoms with E-state index in [0.717, 1.165) is 5.56 Å². The molecule has 0 spiro atoms. The minimum Gasteiger partial charge on any atom is -0.481 e. The van der Waals surface area contributed by atoms with E-state index < -0.39 is 5.97 Å². The average Bonchev–Trinajstić information content (AvgIpc) is 2.16. The molecule has 1 N–H and O–H groups in total. The lowest BCUT2D eigenvalue weighted by molar-refractivity contribution is -0.136. The number of carbonyl (C=O) groups is 1. The van der Waals surface area contributed by atoms with Crippen molar-refractivity contribution in [1.29, 1.82) is 0 Å². The largest absolute Gasteiger partial charge is 0.481 e. The summed E-state index contributed by atoms with van der Waals surface area (Å²) in [7, 11) is 0. The Balaban J connectivity index is 3.21. The summed E-state index contributed by atoms with van der Waals surface area (Å²) in [5.41, 5.74) is 2.15. The van der Waals surface area contributed by atoms with Crippen LogP contribution in [0.3, 0.4) is 0 Å². The Morgan fingerprint density at radius 1 is 1.60 bits per heavy atom. The van der Waals surface area contributed by atoms with Crippen LogP contribution in [0.2, 0.25) is 0 Å². The van der Waals surface area contributed by atoms with Gasteiger partial charge in [-0.1, -0.05) is 30.9 Å². The lowest BCUT2D eigenvalue weighted by Crippen LogP contribution is -2.06. The van der Waals surface area contributed by atoms with Gasteiger partial charge in [-0.2, -0.15) is 0 Å². The van der Waals surface area contributed by atoms with Gasteiger partial charge in [0.1, 0.15) is 0 Å². The minimum atomic E-state index is -0.899. The molecule has 0 unspecified atom stereocenters. The third kappa shape index (κ3) is 3.11. The van der Waals surface area contributed by atoms with Crippen LogP contribution in [-0.2, 0) is 23.8 Å². The number of carboxylic acid groups (broad SMARTS) is 1. The molecule has 0 atom stereocenters. The number of thiocarbonyl (C=S) groups is 1. The van der Waals surface area contributed by atoms with Gasteiger partial charge < -0.3 is 30.0 Å². The Hall–Kier alpha value is -1.26. The highest BCUT2D eigenvalue weighted by atomic mass is 32.1. The first-order valence-electron chi connectivity index (χ1n) is 4.23. The summed E-state index contributed by atoms with van der Waals surface area (Å²) in [4.78, 5) is 10.6. The van der Waals surface area contributed by atoms with Gasteiger partial charge in [0.25, 0.3) is 0 Å². The number of rotatable bonds is 4. The van der Waals surface area contributed by atoms with Gasteiger partial charge in [-0.15, -0.1) is 4.20 Å². The summed E-state index contributed by atoms with van der Waals surface area (Å²) in [6, 6.07) is 5.30. The number of carboxylic acids is 1. The lowest BCUT2D eigenvalue weighted by Gasteiger charge is -2.12. The van der Waals surface area contributed by atoms with E-state index in [-0.39, 0.29) is 6.42 Å². The summed E-state index contributed by atoms with van der Waals surface area (Å²) in [5, 5.41) is 8.73. The average molecular weight is 237 g/mol. The number of benzene rings is 1. The predicted octanol–water partition coefficient (Wildman–Crippen LogP) is 2.18. The van der Waals surface area contributed by atoms with Crippen molar-refractivity contribution < 1.29 is 9.90 Å². The van der Waals surface area contributed by atoms with Gasteiger partial charge in [0, 0.05) is 0 Å². The highest BCUT2D eigenvalue weighted by Crippen LogP contribution is 2.15. The summed E-state index contributed by atoms with van der Waals surface area (Å²) < 4.78 is 0.293. The van der Waals surface area contributed by atoms with Gasteiger partial charge in [0.05, 0.1) is 6.42 Å². The van der Waals surface area contributed by atoms with Crippen LogP contribution < -0.4 is 0 Å². The van der Waals surface area contributed by atoms with Crippen LogP contribution in [0.4, 0.5) is 0 Å². The van der Waals surface area contributed by atoms with E-state index in [0.29, 0.717) is 15.3 Å². The maximum atomic E-state index is 10.6. The third-order valence-electron chi connectivity index (χ3n) is 1.93. The lowest BCUT2D eigenvalue weighted by atomic mass is 10.0. The molecule has 0 bridgehead atoms. The highest BCUT2D eigenvalue weighted by Gasteiger charge is 2.06. The third-order valence-corrected chi connectivity index (χ3v) is 2.37. The van der Waals surface area contributed by atoms with E-state index in [4.69, 9.17) is 30.0 Å². The Morgan fingerprint density at radius 2 is 2.27 bits per heavy atom. The van der Waals surface area contributed by atoms with E-state index in [1.54, 1.807) is 18.2 Å². The van der Waals surface area contributed by atoms with Gasteiger partial charge >= 0.3 is 5.97 Å². The fraction of sp³-hybridized carbons (Fsp3) is 0.0909. The van der Waals surface area contributed by atoms with Crippen LogP contribution in [0.1, 0.15) is 16.7 Å². The second kappa shape index (κ2) is 5.00. The smallest absolute Gasteiger partial charge is 0.307 e. The molecule has 0 heterocycles. The van der Waals surface area contributed by atoms with Crippen LogP contribution in [-0.4, -0.2) is 15.3 Å². The van der Waals surface area contributed by atoms with E-state index in [1.165, 1.54) is 0 Å². The summed E-state index contributed by atoms with van der Waals surface area (Å²) in [6.45, 7) is 3.62. The molecule has 0 aliphatic carbocycles. The molecule has 1 rings (SSSR count). The first-order chi connectivity index (χ1) is 7.04. The second-order valence-electron chi connectivity index (χ2n) is 2.98. The monoisotopic (exact) mass is 237 g/mol. The van der Waals surface area contributed by atoms with Gasteiger partial charge in [-0.25, -0.2) is 0 Å². The molecule has 0 aliphatic heterocycles. The van der Waals surface area contributed by atoms with Crippen molar-refractivity contribution in [3.63, 3.8) is 0 Å². The van der Waals surface area contributed by atoms with E-state index in [9.17, 15) is 4.79 Å². The first-order valence-corrected chi connectivity index (χ1v) is 5.04. The molecule has 15 heavy (non-hydrogen) atoms. The standard InChI is InChI=1S/C11H10O2S2/c1-2-7-3-4-9(11(14)15)8(5-7)6-10(12)13/h2-5H,1,6H2,(H,12,13)(H,14,15)/p-1. The van der Waals surface area contributed by atoms with Crippen molar-refractivity contribution in [3.05, 3.63) is 41.5 Å². The Bertz CT molecular complexity index is 425. The van der Waals surface area contributed by atoms with Gasteiger partial charge in [0.15, 0.2) is 0 Å². The molecule has 0 saturated carbocycles. The maximum Gasteiger partial charge on any atom is 0.307 e. The SMILES string of the molecule is C=Cc1ccc(C(=S)[S-])c(CC(=O)O)c1. The number of hydrogen-bond donors (Lipinski definition) is 1. The highest BCUT2D eigenvalue weighted by molar-refractivity contribution is 8.01. The van der Waals surface area contributed by atoms with Crippen molar-refractivity contribution in [2.24, 2.45) is 0 Å². The normalized spacial score (nSPS) is 9.60. The molecule has 1 aromatic rings. The molecule has 0 amide bonds. The van der Waals surface area contributed by atoms with Gasteiger partial charge in [0.2, 0.25) is 0 Å². The van der Waals surface area contributed by atoms with Gasteiger partial charge in [-0.05, 0) is 16.7 Å². The zero-order valence-corrected chi connectivity index (χ0v) is 9.53. The quantitative estimate of drug-likeness (QED) is 0.643. The minimum absolute atomic E-state index is 0.0756. The Morgan fingerprint density at radius 3 is 2.73 bits per heavy atom. The first kappa shape index (κ1) is 11.8. The van der Waals surface area contributed by atoms with E-state index >= 15 is 0 Å². The molecular weight excluding hydrogens is 228 g/mol. The molecule has 78 valence electrons.